The van der Waals surface area contributed by atoms with Gasteiger partial charge in [0, 0.05) is 31.7 Å². The lowest BCUT2D eigenvalue weighted by Gasteiger charge is -2.39. The lowest BCUT2D eigenvalue weighted by Crippen LogP contribution is -2.53. The van der Waals surface area contributed by atoms with Crippen molar-refractivity contribution in [1.82, 2.24) is 15.2 Å². The second-order valence-electron chi connectivity index (χ2n) is 6.65. The Kier molecular flexibility index (Phi) is 8.69. The Bertz CT molecular complexity index is 247. The van der Waals surface area contributed by atoms with E-state index in [0.717, 1.165) is 5.92 Å². The molecule has 0 aromatic rings. The van der Waals surface area contributed by atoms with Crippen molar-refractivity contribution in [2.24, 2.45) is 11.8 Å². The zero-order chi connectivity index (χ0) is 15.0. The molecule has 4 heteroatoms. The maximum Gasteiger partial charge on any atom is 0.0235 e. The zero-order valence-electron chi connectivity index (χ0n) is 14.1. The summed E-state index contributed by atoms with van der Waals surface area (Å²) in [4.78, 5) is 4.93. The molecule has 4 nitrogen and oxygen atoms in total. The van der Waals surface area contributed by atoms with Gasteiger partial charge in [-0.15, -0.1) is 0 Å². The van der Waals surface area contributed by atoms with Crippen LogP contribution in [0.15, 0.2) is 0 Å². The third-order valence-electron chi connectivity index (χ3n) is 4.93. The van der Waals surface area contributed by atoms with Gasteiger partial charge in [-0.3, -0.25) is 11.3 Å². The minimum Gasteiger partial charge on any atom is -0.304 e. The van der Waals surface area contributed by atoms with Crippen molar-refractivity contribution in [3.8, 4) is 0 Å². The number of hydrogen-bond donors (Lipinski definition) is 2. The van der Waals surface area contributed by atoms with Crippen molar-refractivity contribution in [2.75, 3.05) is 33.7 Å². The summed E-state index contributed by atoms with van der Waals surface area (Å²) in [6.45, 7) is 8.11. The van der Waals surface area contributed by atoms with Gasteiger partial charge in [0.15, 0.2) is 0 Å². The van der Waals surface area contributed by atoms with Gasteiger partial charge in [-0.2, -0.15) is 0 Å². The number of unbranched alkanes of at least 4 members (excludes halogenated alkanes) is 1. The van der Waals surface area contributed by atoms with E-state index < -0.39 is 0 Å². The van der Waals surface area contributed by atoms with E-state index in [1.807, 2.05) is 0 Å². The van der Waals surface area contributed by atoms with Crippen LogP contribution in [-0.2, 0) is 0 Å². The van der Waals surface area contributed by atoms with Gasteiger partial charge in [0.05, 0.1) is 0 Å². The first kappa shape index (κ1) is 17.9. The van der Waals surface area contributed by atoms with Gasteiger partial charge in [0.1, 0.15) is 0 Å². The largest absolute Gasteiger partial charge is 0.304 e. The lowest BCUT2D eigenvalue weighted by molar-refractivity contribution is 0.0978. The van der Waals surface area contributed by atoms with Gasteiger partial charge in [-0.05, 0) is 32.9 Å². The average Bonchev–Trinajstić information content (AvgIpc) is 2.45. The third-order valence-corrected chi connectivity index (χ3v) is 4.93. The molecule has 0 bridgehead atoms. The first-order valence-electron chi connectivity index (χ1n) is 8.45. The maximum absolute atomic E-state index is 5.82. The highest BCUT2D eigenvalue weighted by Crippen LogP contribution is 2.22. The van der Waals surface area contributed by atoms with Crippen LogP contribution in [0.3, 0.4) is 0 Å². The predicted octanol–water partition coefficient (Wildman–Crippen LogP) is 2.06. The molecule has 0 aromatic carbocycles. The molecule has 3 unspecified atom stereocenters. The number of nitrogens with two attached hydrogens (primary N) is 1. The molecule has 1 saturated heterocycles. The van der Waals surface area contributed by atoms with E-state index >= 15 is 0 Å². The summed E-state index contributed by atoms with van der Waals surface area (Å²) in [6.07, 6.45) is 7.67. The fraction of sp³-hybridized carbons (Fsp3) is 1.00. The second-order valence-corrected chi connectivity index (χ2v) is 6.65. The Morgan fingerprint density at radius 1 is 1.25 bits per heavy atom. The number of nitrogens with one attached hydrogen (secondary N) is 1. The lowest BCUT2D eigenvalue weighted by atomic mass is 9.89. The minimum atomic E-state index is 0.454. The molecule has 3 N–H and O–H groups in total. The van der Waals surface area contributed by atoms with Gasteiger partial charge >= 0.3 is 0 Å². The molecule has 0 spiro atoms. The molecule has 120 valence electrons. The van der Waals surface area contributed by atoms with E-state index in [0.29, 0.717) is 12.1 Å². The fourth-order valence-electron chi connectivity index (χ4n) is 3.30. The van der Waals surface area contributed by atoms with Gasteiger partial charge in [0.2, 0.25) is 0 Å². The van der Waals surface area contributed by atoms with Gasteiger partial charge in [0.25, 0.3) is 0 Å². The number of hydrazine groups is 1. The van der Waals surface area contributed by atoms with E-state index in [1.165, 1.54) is 58.2 Å². The Morgan fingerprint density at radius 3 is 2.60 bits per heavy atom. The Balaban J connectivity index is 2.44. The fourth-order valence-corrected chi connectivity index (χ4v) is 3.30. The summed E-state index contributed by atoms with van der Waals surface area (Å²) in [6, 6.07) is 1.09. The standard InChI is InChI=1S/C16H36N4/c1-5-7-8-14(6-2)11-15(18-17)12-16-13-19(3)9-10-20(16)4/h14-16,18H,5-13,17H2,1-4H3. The molecule has 1 aliphatic rings. The first-order chi connectivity index (χ1) is 9.60. The molecule has 1 aliphatic heterocycles. The summed E-state index contributed by atoms with van der Waals surface area (Å²) in [7, 11) is 4.47. The summed E-state index contributed by atoms with van der Waals surface area (Å²) in [5.74, 6) is 6.64. The summed E-state index contributed by atoms with van der Waals surface area (Å²) in [5.41, 5.74) is 3.08. The van der Waals surface area contributed by atoms with Crippen molar-refractivity contribution >= 4 is 0 Å². The molecule has 1 heterocycles. The van der Waals surface area contributed by atoms with Crippen molar-refractivity contribution in [2.45, 2.75) is 64.5 Å². The SMILES string of the molecule is CCCCC(CC)CC(CC1CN(C)CCN1C)NN. The van der Waals surface area contributed by atoms with Crippen LogP contribution in [-0.4, -0.2) is 55.6 Å². The van der Waals surface area contributed by atoms with E-state index in [9.17, 15) is 0 Å². The predicted molar refractivity (Wildman–Crippen MR) is 87.6 cm³/mol. The zero-order valence-corrected chi connectivity index (χ0v) is 14.1. The number of likely N-dealkylation sites (N-methyl/N-ethyl adjacent to an activating group) is 2. The van der Waals surface area contributed by atoms with E-state index in [2.05, 4.69) is 43.2 Å². The number of hydrogen-bond acceptors (Lipinski definition) is 4. The van der Waals surface area contributed by atoms with E-state index in [4.69, 9.17) is 5.84 Å². The van der Waals surface area contributed by atoms with Gasteiger partial charge in [-0.25, -0.2) is 0 Å². The average molecular weight is 284 g/mol. The Morgan fingerprint density at radius 2 is 2.00 bits per heavy atom. The molecule has 1 rings (SSSR count). The molecule has 0 aliphatic carbocycles. The Labute approximate surface area is 126 Å². The molecular formula is C16H36N4. The number of rotatable bonds is 9. The number of piperazine rings is 1. The highest BCUT2D eigenvalue weighted by atomic mass is 15.3. The first-order valence-corrected chi connectivity index (χ1v) is 8.45. The van der Waals surface area contributed by atoms with Crippen LogP contribution < -0.4 is 11.3 Å². The molecule has 0 aromatic heterocycles. The second kappa shape index (κ2) is 9.72. The van der Waals surface area contributed by atoms with Crippen LogP contribution in [0.5, 0.6) is 0 Å². The van der Waals surface area contributed by atoms with Crippen LogP contribution in [0.1, 0.15) is 52.4 Å². The highest BCUT2D eigenvalue weighted by molar-refractivity contribution is 4.83. The van der Waals surface area contributed by atoms with E-state index in [1.54, 1.807) is 0 Å². The van der Waals surface area contributed by atoms with Gasteiger partial charge < -0.3 is 9.80 Å². The summed E-state index contributed by atoms with van der Waals surface area (Å²) < 4.78 is 0. The Hall–Kier alpha value is -0.160. The molecule has 20 heavy (non-hydrogen) atoms. The smallest absolute Gasteiger partial charge is 0.0235 e. The van der Waals surface area contributed by atoms with Gasteiger partial charge in [-0.1, -0.05) is 39.5 Å². The highest BCUT2D eigenvalue weighted by Gasteiger charge is 2.25. The maximum atomic E-state index is 5.82. The molecular weight excluding hydrogens is 248 g/mol. The summed E-state index contributed by atoms with van der Waals surface area (Å²) >= 11 is 0. The molecule has 1 fully saturated rings. The van der Waals surface area contributed by atoms with Crippen LogP contribution in [0, 0.1) is 5.92 Å². The quantitative estimate of drug-likeness (QED) is 0.502. The monoisotopic (exact) mass is 284 g/mol. The van der Waals surface area contributed by atoms with Crippen molar-refractivity contribution in [1.29, 1.82) is 0 Å². The van der Waals surface area contributed by atoms with Crippen molar-refractivity contribution in [3.63, 3.8) is 0 Å². The van der Waals surface area contributed by atoms with Crippen molar-refractivity contribution < 1.29 is 0 Å². The normalized spacial score (nSPS) is 24.8. The topological polar surface area (TPSA) is 44.5 Å². The molecule has 3 atom stereocenters. The molecule has 0 amide bonds. The van der Waals surface area contributed by atoms with Crippen LogP contribution in [0.25, 0.3) is 0 Å². The molecule has 0 saturated carbocycles. The summed E-state index contributed by atoms with van der Waals surface area (Å²) in [5, 5.41) is 0. The minimum absolute atomic E-state index is 0.454. The number of nitrogens with zero attached hydrogens (tertiary/aromatic N) is 2. The molecule has 0 radical (unpaired) electrons. The van der Waals surface area contributed by atoms with E-state index in [-0.39, 0.29) is 0 Å². The van der Waals surface area contributed by atoms with Crippen molar-refractivity contribution in [3.05, 3.63) is 0 Å². The third kappa shape index (κ3) is 6.08. The van der Waals surface area contributed by atoms with Crippen LogP contribution in [0.4, 0.5) is 0 Å². The van der Waals surface area contributed by atoms with Crippen LogP contribution in [0.2, 0.25) is 0 Å². The van der Waals surface area contributed by atoms with Crippen LogP contribution >= 0.6 is 0 Å².